The number of nitrogens with zero attached hydrogens (tertiary/aromatic N) is 3. The van der Waals surface area contributed by atoms with Gasteiger partial charge in [0, 0.05) is 30.2 Å². The third-order valence-electron chi connectivity index (χ3n) is 3.12. The maximum atomic E-state index is 5.86. The van der Waals surface area contributed by atoms with Crippen LogP contribution in [0, 0.1) is 0 Å². The van der Waals surface area contributed by atoms with E-state index in [2.05, 4.69) is 34.3 Å². The molecule has 3 rings (SSSR count). The van der Waals surface area contributed by atoms with Crippen LogP contribution in [0.4, 0.5) is 0 Å². The maximum absolute atomic E-state index is 5.86. The molecule has 0 amide bonds. The number of hydrazine groups is 1. The molecule has 0 aliphatic carbocycles. The molecule has 0 unspecified atom stereocenters. The molecule has 5 heteroatoms. The third-order valence-corrected chi connectivity index (χ3v) is 4.07. The first kappa shape index (κ1) is 10.9. The molecule has 17 heavy (non-hydrogen) atoms. The molecule has 2 aliphatic rings. The first-order chi connectivity index (χ1) is 8.34. The van der Waals surface area contributed by atoms with Crippen LogP contribution in [0.3, 0.4) is 0 Å². The van der Waals surface area contributed by atoms with Crippen LogP contribution in [0.15, 0.2) is 29.4 Å². The highest BCUT2D eigenvalue weighted by Gasteiger charge is 2.23. The van der Waals surface area contributed by atoms with Crippen molar-refractivity contribution in [2.75, 3.05) is 24.6 Å². The molecule has 1 fully saturated rings. The Bertz CT molecular complexity index is 440. The Labute approximate surface area is 105 Å². The summed E-state index contributed by atoms with van der Waals surface area (Å²) in [4.78, 5) is 2.34. The van der Waals surface area contributed by atoms with E-state index in [0.717, 1.165) is 18.9 Å². The lowest BCUT2D eigenvalue weighted by atomic mass is 10.0. The van der Waals surface area contributed by atoms with E-state index in [1.807, 2.05) is 11.8 Å². The molecule has 1 aromatic carbocycles. The number of thioether (sulfide) groups is 1. The summed E-state index contributed by atoms with van der Waals surface area (Å²) in [7, 11) is 0. The summed E-state index contributed by atoms with van der Waals surface area (Å²) in [6.07, 6.45) is 0. The molecule has 90 valence electrons. The number of rotatable bonds is 0. The van der Waals surface area contributed by atoms with Gasteiger partial charge in [-0.15, -0.1) is 5.10 Å². The monoisotopic (exact) mass is 248 g/mol. The van der Waals surface area contributed by atoms with Crippen molar-refractivity contribution in [2.24, 2.45) is 10.9 Å². The van der Waals surface area contributed by atoms with Crippen LogP contribution in [0.25, 0.3) is 0 Å². The molecule has 2 aliphatic heterocycles. The summed E-state index contributed by atoms with van der Waals surface area (Å²) in [6.45, 7) is 2.82. The number of fused-ring (bicyclic) bond motifs is 1. The molecule has 2 N–H and O–H groups in total. The smallest absolute Gasteiger partial charge is 0.157 e. The van der Waals surface area contributed by atoms with Crippen molar-refractivity contribution in [1.29, 1.82) is 0 Å². The molecular weight excluding hydrogens is 232 g/mol. The van der Waals surface area contributed by atoms with Gasteiger partial charge >= 0.3 is 0 Å². The van der Waals surface area contributed by atoms with Crippen LogP contribution in [-0.2, 0) is 6.54 Å². The lowest BCUT2D eigenvalue weighted by Gasteiger charge is -2.33. The van der Waals surface area contributed by atoms with E-state index in [9.17, 15) is 0 Å². The average Bonchev–Trinajstić information content (AvgIpc) is 2.39. The quantitative estimate of drug-likeness (QED) is 0.698. The molecule has 4 nitrogen and oxygen atoms in total. The molecular formula is C12H16N4S. The standard InChI is InChI=1S/C12H16N4S/c13-16-9-10-3-1-2-4-11(10)12(14-16)15-5-7-17-8-6-15/h1-4H,5-9,13H2. The highest BCUT2D eigenvalue weighted by atomic mass is 32.2. The summed E-state index contributed by atoms with van der Waals surface area (Å²) in [5.41, 5.74) is 2.50. The zero-order valence-corrected chi connectivity index (χ0v) is 10.5. The summed E-state index contributed by atoms with van der Waals surface area (Å²) in [6, 6.07) is 8.40. The zero-order valence-electron chi connectivity index (χ0n) is 9.67. The minimum Gasteiger partial charge on any atom is -0.353 e. The Hall–Kier alpha value is -1.20. The summed E-state index contributed by atoms with van der Waals surface area (Å²) >= 11 is 2.00. The van der Waals surface area contributed by atoms with E-state index >= 15 is 0 Å². The fourth-order valence-electron chi connectivity index (χ4n) is 2.27. The topological polar surface area (TPSA) is 44.9 Å². The van der Waals surface area contributed by atoms with E-state index in [-0.39, 0.29) is 0 Å². The molecule has 2 heterocycles. The molecule has 0 bridgehead atoms. The van der Waals surface area contributed by atoms with E-state index in [0.29, 0.717) is 6.54 Å². The van der Waals surface area contributed by atoms with Crippen molar-refractivity contribution in [3.63, 3.8) is 0 Å². The largest absolute Gasteiger partial charge is 0.353 e. The van der Waals surface area contributed by atoms with Crippen molar-refractivity contribution in [1.82, 2.24) is 10.0 Å². The summed E-state index contributed by atoms with van der Waals surface area (Å²) in [5.74, 6) is 9.24. The SMILES string of the molecule is NN1Cc2ccccc2C(N2CCSCC2)=N1. The van der Waals surface area contributed by atoms with E-state index in [4.69, 9.17) is 5.84 Å². The number of benzene rings is 1. The molecule has 1 saturated heterocycles. The van der Waals surface area contributed by atoms with Gasteiger partial charge in [-0.2, -0.15) is 11.8 Å². The van der Waals surface area contributed by atoms with Gasteiger partial charge in [-0.3, -0.25) is 0 Å². The Kier molecular flexibility index (Phi) is 2.94. The van der Waals surface area contributed by atoms with Gasteiger partial charge in [0.25, 0.3) is 0 Å². The van der Waals surface area contributed by atoms with Crippen molar-refractivity contribution < 1.29 is 0 Å². The van der Waals surface area contributed by atoms with Gasteiger partial charge < -0.3 is 4.90 Å². The van der Waals surface area contributed by atoms with E-state index in [1.165, 1.54) is 22.6 Å². The Morgan fingerprint density at radius 1 is 1.18 bits per heavy atom. The molecule has 0 aromatic heterocycles. The van der Waals surface area contributed by atoms with E-state index in [1.54, 1.807) is 5.12 Å². The predicted octanol–water partition coefficient (Wildman–Crippen LogP) is 1.09. The molecule has 0 atom stereocenters. The van der Waals surface area contributed by atoms with Crippen LogP contribution in [0.1, 0.15) is 11.1 Å². The fraction of sp³-hybridized carbons (Fsp3) is 0.417. The average molecular weight is 248 g/mol. The van der Waals surface area contributed by atoms with Crippen molar-refractivity contribution in [3.05, 3.63) is 35.4 Å². The summed E-state index contributed by atoms with van der Waals surface area (Å²) < 4.78 is 0. The highest BCUT2D eigenvalue weighted by Crippen LogP contribution is 2.21. The molecule has 0 saturated carbocycles. The van der Waals surface area contributed by atoms with Gasteiger partial charge in [-0.05, 0) is 5.56 Å². The number of hydrogen-bond donors (Lipinski definition) is 1. The lowest BCUT2D eigenvalue weighted by Crippen LogP contribution is -2.43. The van der Waals surface area contributed by atoms with Gasteiger partial charge in [-0.25, -0.2) is 11.0 Å². The molecule has 0 spiro atoms. The normalized spacial score (nSPS) is 19.9. The van der Waals surface area contributed by atoms with Crippen LogP contribution in [-0.4, -0.2) is 40.4 Å². The van der Waals surface area contributed by atoms with Crippen LogP contribution in [0.5, 0.6) is 0 Å². The first-order valence-electron chi connectivity index (χ1n) is 5.86. The summed E-state index contributed by atoms with van der Waals surface area (Å²) in [5, 5.41) is 6.03. The molecule has 0 radical (unpaired) electrons. The zero-order chi connectivity index (χ0) is 11.7. The van der Waals surface area contributed by atoms with Gasteiger partial charge in [0.05, 0.1) is 6.54 Å². The van der Waals surface area contributed by atoms with Crippen LogP contribution in [0.2, 0.25) is 0 Å². The van der Waals surface area contributed by atoms with Crippen molar-refractivity contribution in [3.8, 4) is 0 Å². The lowest BCUT2D eigenvalue weighted by molar-refractivity contribution is 0.274. The van der Waals surface area contributed by atoms with Gasteiger partial charge in [-0.1, -0.05) is 24.3 Å². The Morgan fingerprint density at radius 2 is 1.94 bits per heavy atom. The second-order valence-electron chi connectivity index (χ2n) is 4.28. The van der Waals surface area contributed by atoms with Gasteiger partial charge in [0.2, 0.25) is 0 Å². The maximum Gasteiger partial charge on any atom is 0.157 e. The number of hydrazone groups is 1. The molecule has 1 aromatic rings. The van der Waals surface area contributed by atoms with Crippen molar-refractivity contribution in [2.45, 2.75) is 6.54 Å². The second-order valence-corrected chi connectivity index (χ2v) is 5.50. The predicted molar refractivity (Wildman–Crippen MR) is 71.6 cm³/mol. The minimum absolute atomic E-state index is 0.697. The Morgan fingerprint density at radius 3 is 2.76 bits per heavy atom. The first-order valence-corrected chi connectivity index (χ1v) is 7.02. The van der Waals surface area contributed by atoms with Crippen LogP contribution < -0.4 is 5.84 Å². The van der Waals surface area contributed by atoms with Crippen LogP contribution >= 0.6 is 11.8 Å². The minimum atomic E-state index is 0.697. The second kappa shape index (κ2) is 4.58. The van der Waals surface area contributed by atoms with E-state index < -0.39 is 0 Å². The fourth-order valence-corrected chi connectivity index (χ4v) is 3.17. The van der Waals surface area contributed by atoms with Crippen molar-refractivity contribution >= 4 is 17.6 Å². The number of amidine groups is 1. The highest BCUT2D eigenvalue weighted by molar-refractivity contribution is 7.99. The van der Waals surface area contributed by atoms with Gasteiger partial charge in [0.1, 0.15) is 0 Å². The van der Waals surface area contributed by atoms with Gasteiger partial charge in [0.15, 0.2) is 5.84 Å². The Balaban J connectivity index is 1.96. The number of nitrogens with two attached hydrogens (primary N) is 1. The third kappa shape index (κ3) is 2.12. The number of hydrogen-bond acceptors (Lipinski definition) is 5.